The van der Waals surface area contributed by atoms with Gasteiger partial charge in [-0.1, -0.05) is 0 Å². The summed E-state index contributed by atoms with van der Waals surface area (Å²) in [4.78, 5) is 34.2. The first-order chi connectivity index (χ1) is 19.1. The Kier molecular flexibility index (Phi) is 5.53. The Morgan fingerprint density at radius 3 is 2.65 bits per heavy atom. The number of amides is 2. The van der Waals surface area contributed by atoms with Crippen molar-refractivity contribution in [3.05, 3.63) is 53.9 Å². The van der Waals surface area contributed by atoms with Gasteiger partial charge in [-0.25, -0.2) is 14.3 Å². The molecule has 40 heavy (non-hydrogen) atoms. The Hall–Kier alpha value is -3.88. The Labute approximate surface area is 233 Å². The fourth-order valence-corrected chi connectivity index (χ4v) is 7.18. The number of carboxylic acid groups (broad SMARTS) is 1. The molecule has 3 aliphatic rings. The third-order valence-electron chi connectivity index (χ3n) is 9.19. The number of rotatable bonds is 5. The molecule has 208 valence electrons. The van der Waals surface area contributed by atoms with Crippen molar-refractivity contribution in [1.29, 1.82) is 0 Å². The first kappa shape index (κ1) is 25.1. The third-order valence-corrected chi connectivity index (χ3v) is 9.19. The number of aryl methyl sites for hydroxylation is 1. The Bertz CT molecular complexity index is 1660. The second-order valence-corrected chi connectivity index (χ2v) is 12.9. The second kappa shape index (κ2) is 8.81. The fourth-order valence-electron chi connectivity index (χ4n) is 7.18. The van der Waals surface area contributed by atoms with E-state index in [0.717, 1.165) is 52.9 Å². The number of hydrogen-bond acceptors (Lipinski definition) is 4. The highest BCUT2D eigenvalue weighted by atomic mass is 16.4. The highest BCUT2D eigenvalue weighted by Crippen LogP contribution is 2.44. The summed E-state index contributed by atoms with van der Waals surface area (Å²) in [5, 5.41) is 16.1. The fraction of sp³-hybridized carbons (Fsp3) is 0.484. The first-order valence-corrected chi connectivity index (χ1v) is 14.4. The van der Waals surface area contributed by atoms with E-state index in [-0.39, 0.29) is 23.9 Å². The van der Waals surface area contributed by atoms with Crippen LogP contribution in [0.2, 0.25) is 0 Å². The van der Waals surface area contributed by atoms with Crippen LogP contribution in [0.3, 0.4) is 0 Å². The summed E-state index contributed by atoms with van der Waals surface area (Å²) in [6, 6.07) is 9.83. The predicted octanol–water partition coefficient (Wildman–Crippen LogP) is 5.45. The summed E-state index contributed by atoms with van der Waals surface area (Å²) in [7, 11) is 0. The molecule has 0 radical (unpaired) electrons. The van der Waals surface area contributed by atoms with E-state index in [2.05, 4.69) is 28.6 Å². The van der Waals surface area contributed by atoms with Gasteiger partial charge in [-0.3, -0.25) is 9.69 Å². The van der Waals surface area contributed by atoms with Crippen LogP contribution in [0, 0.1) is 18.8 Å². The smallest absolute Gasteiger partial charge is 0.408 e. The van der Waals surface area contributed by atoms with Gasteiger partial charge in [0.2, 0.25) is 0 Å². The molecule has 3 fully saturated rings. The quantitative estimate of drug-likeness (QED) is 0.363. The molecule has 5 heterocycles. The molecule has 9 nitrogen and oxygen atoms in total. The summed E-state index contributed by atoms with van der Waals surface area (Å²) >= 11 is 0. The van der Waals surface area contributed by atoms with Gasteiger partial charge in [0.1, 0.15) is 11.3 Å². The summed E-state index contributed by atoms with van der Waals surface area (Å²) < 4.78 is 4.13. The highest BCUT2D eigenvalue weighted by molar-refractivity contribution is 5.95. The van der Waals surface area contributed by atoms with E-state index in [1.165, 1.54) is 12.8 Å². The van der Waals surface area contributed by atoms with E-state index in [0.29, 0.717) is 18.0 Å². The highest BCUT2D eigenvalue weighted by Gasteiger charge is 2.54. The number of aromatic nitrogens is 4. The van der Waals surface area contributed by atoms with Gasteiger partial charge in [-0.05, 0) is 95.5 Å². The van der Waals surface area contributed by atoms with Crippen molar-refractivity contribution in [2.45, 2.75) is 77.5 Å². The van der Waals surface area contributed by atoms with Crippen LogP contribution in [-0.2, 0) is 6.54 Å². The molecule has 3 atom stereocenters. The number of carbonyl (C=O) groups is 2. The molecule has 4 aromatic heterocycles. The number of nitrogens with zero attached hydrogens (tertiary/aromatic N) is 6. The zero-order chi connectivity index (χ0) is 27.9. The Morgan fingerprint density at radius 2 is 1.93 bits per heavy atom. The van der Waals surface area contributed by atoms with Gasteiger partial charge in [-0.15, -0.1) is 0 Å². The standard InChI is InChI=1S/C31H36N6O3/c1-18-23-11-10-22(29(38)35-16-21-9-12-24(35)27(21)37(30(39)40)31(2,3)4)17-36(23)33-26(18)25-14-20-6-5-13-32-28(20)34(25)15-19-7-8-19/h5-6,10-11,13-14,17,19,21,24,27H,7-9,12,15-16H2,1-4H3,(H,39,40)/t21?,24?,27-/m1/s1. The number of pyridine rings is 2. The SMILES string of the molecule is Cc1c(-c2cc3cccnc3n2CC2CC2)nn2cc(C(=O)N3CC4CCC3[C@@H]4N(C(=O)O)C(C)(C)C)ccc12. The van der Waals surface area contributed by atoms with Crippen molar-refractivity contribution in [2.75, 3.05) is 6.54 Å². The van der Waals surface area contributed by atoms with Gasteiger partial charge in [0, 0.05) is 42.0 Å². The molecule has 2 bridgehead atoms. The van der Waals surface area contributed by atoms with E-state index >= 15 is 0 Å². The summed E-state index contributed by atoms with van der Waals surface area (Å²) in [5.74, 6) is 0.793. The number of carbonyl (C=O) groups excluding carboxylic acids is 1. The zero-order valence-electron chi connectivity index (χ0n) is 23.5. The van der Waals surface area contributed by atoms with E-state index < -0.39 is 11.6 Å². The Balaban J connectivity index is 1.22. The molecule has 2 amide bonds. The molecule has 1 saturated heterocycles. The van der Waals surface area contributed by atoms with E-state index in [1.807, 2.05) is 60.8 Å². The zero-order valence-corrected chi connectivity index (χ0v) is 23.5. The lowest BCUT2D eigenvalue weighted by Gasteiger charge is -2.40. The van der Waals surface area contributed by atoms with Crippen LogP contribution in [0.15, 0.2) is 42.7 Å². The lowest BCUT2D eigenvalue weighted by atomic mass is 9.98. The number of hydrogen-bond donors (Lipinski definition) is 1. The van der Waals surface area contributed by atoms with Gasteiger partial charge in [-0.2, -0.15) is 5.10 Å². The third kappa shape index (κ3) is 3.89. The van der Waals surface area contributed by atoms with Crippen LogP contribution in [0.4, 0.5) is 4.79 Å². The van der Waals surface area contributed by atoms with Crippen molar-refractivity contribution in [1.82, 2.24) is 29.0 Å². The van der Waals surface area contributed by atoms with Crippen LogP contribution in [0.5, 0.6) is 0 Å². The van der Waals surface area contributed by atoms with Crippen LogP contribution in [0.1, 0.15) is 62.4 Å². The van der Waals surface area contributed by atoms with E-state index in [4.69, 9.17) is 5.10 Å². The molecule has 2 aliphatic carbocycles. The minimum atomic E-state index is -0.918. The van der Waals surface area contributed by atoms with Crippen molar-refractivity contribution < 1.29 is 14.7 Å². The maximum atomic E-state index is 13.8. The van der Waals surface area contributed by atoms with Gasteiger partial charge in [0.05, 0.1) is 28.9 Å². The van der Waals surface area contributed by atoms with Crippen molar-refractivity contribution in [3.8, 4) is 11.4 Å². The average Bonchev–Trinajstić information content (AvgIpc) is 3.24. The molecule has 1 aliphatic heterocycles. The molecule has 0 spiro atoms. The van der Waals surface area contributed by atoms with Crippen LogP contribution >= 0.6 is 0 Å². The van der Waals surface area contributed by atoms with Crippen molar-refractivity contribution in [3.63, 3.8) is 0 Å². The number of fused-ring (bicyclic) bond motifs is 4. The molecule has 0 aromatic carbocycles. The predicted molar refractivity (Wildman–Crippen MR) is 152 cm³/mol. The van der Waals surface area contributed by atoms with Crippen LogP contribution in [0.25, 0.3) is 27.9 Å². The summed E-state index contributed by atoms with van der Waals surface area (Å²) in [6.07, 6.45) is 7.04. The van der Waals surface area contributed by atoms with Gasteiger partial charge in [0.15, 0.2) is 0 Å². The summed E-state index contributed by atoms with van der Waals surface area (Å²) in [5.41, 5.74) is 5.04. The minimum absolute atomic E-state index is 0.0555. The number of likely N-dealkylation sites (tertiary alicyclic amines) is 1. The molecule has 2 saturated carbocycles. The molecular formula is C31H36N6O3. The minimum Gasteiger partial charge on any atom is -0.465 e. The van der Waals surface area contributed by atoms with Crippen molar-refractivity contribution in [2.24, 2.45) is 11.8 Å². The molecule has 2 unspecified atom stereocenters. The second-order valence-electron chi connectivity index (χ2n) is 12.9. The van der Waals surface area contributed by atoms with Crippen LogP contribution < -0.4 is 0 Å². The molecular weight excluding hydrogens is 504 g/mol. The largest absolute Gasteiger partial charge is 0.465 e. The van der Waals surface area contributed by atoms with E-state index in [9.17, 15) is 14.7 Å². The first-order valence-electron chi connectivity index (χ1n) is 14.4. The summed E-state index contributed by atoms with van der Waals surface area (Å²) in [6.45, 7) is 9.39. The van der Waals surface area contributed by atoms with Gasteiger partial charge in [0.25, 0.3) is 5.91 Å². The monoisotopic (exact) mass is 540 g/mol. The topological polar surface area (TPSA) is 96.0 Å². The van der Waals surface area contributed by atoms with Gasteiger partial charge < -0.3 is 14.6 Å². The maximum Gasteiger partial charge on any atom is 0.408 e. The number of piperidine rings is 1. The van der Waals surface area contributed by atoms with Crippen molar-refractivity contribution >= 4 is 28.6 Å². The lowest BCUT2D eigenvalue weighted by molar-refractivity contribution is 0.0503. The molecule has 7 rings (SSSR count). The van der Waals surface area contributed by atoms with Crippen LogP contribution in [-0.4, -0.2) is 70.2 Å². The lowest BCUT2D eigenvalue weighted by Crippen LogP contribution is -2.55. The maximum absolute atomic E-state index is 13.8. The van der Waals surface area contributed by atoms with E-state index in [1.54, 1.807) is 4.90 Å². The van der Waals surface area contributed by atoms with Gasteiger partial charge >= 0.3 is 6.09 Å². The molecule has 9 heteroatoms. The Morgan fingerprint density at radius 1 is 1.12 bits per heavy atom. The average molecular weight is 541 g/mol. The molecule has 4 aromatic rings. The molecule has 1 N–H and O–H groups in total. The normalized spacial score (nSPS) is 22.5.